The fraction of sp³-hybridized carbons (Fsp3) is 0. The molecule has 0 atom stereocenters. The van der Waals surface area contributed by atoms with Gasteiger partial charge < -0.3 is 19.6 Å². The van der Waals surface area contributed by atoms with E-state index in [1.54, 1.807) is 0 Å². The molecule has 0 aromatic heterocycles. The van der Waals surface area contributed by atoms with Crippen molar-refractivity contribution in [2.24, 2.45) is 0 Å². The van der Waals surface area contributed by atoms with E-state index in [1.807, 2.05) is 0 Å². The number of hydrogen-bond acceptors (Lipinski definition) is 4. The van der Waals surface area contributed by atoms with Crippen molar-refractivity contribution in [2.75, 3.05) is 19.6 Å². The van der Waals surface area contributed by atoms with Crippen LogP contribution in [0.3, 0.4) is 0 Å². The molecule has 84 heavy (non-hydrogen) atoms. The molecule has 4 nitrogen and oxygen atoms in total. The topological polar surface area (TPSA) is 13.0 Å². The highest BCUT2D eigenvalue weighted by Crippen LogP contribution is 2.43. The number of benzene rings is 14. The molecule has 0 bridgehead atoms. The fourth-order valence-corrected chi connectivity index (χ4v) is 11.6. The lowest BCUT2D eigenvalue weighted by molar-refractivity contribution is 1.28. The number of anilines is 12. The van der Waals surface area contributed by atoms with Crippen molar-refractivity contribution in [3.05, 3.63) is 352 Å². The van der Waals surface area contributed by atoms with Gasteiger partial charge in [0.05, 0.1) is 5.69 Å². The monoisotopic (exact) mass is 1070 g/mol. The van der Waals surface area contributed by atoms with Crippen LogP contribution in [0.2, 0.25) is 0 Å². The average Bonchev–Trinajstić information content (AvgIpc) is 3.45. The zero-order valence-corrected chi connectivity index (χ0v) is 46.3. The van der Waals surface area contributed by atoms with Crippen LogP contribution < -0.4 is 19.6 Å². The van der Waals surface area contributed by atoms with Crippen LogP contribution in [-0.4, -0.2) is 0 Å². The first-order chi connectivity index (χ1) is 41.6. The van der Waals surface area contributed by atoms with Crippen LogP contribution in [-0.2, 0) is 0 Å². The molecule has 0 radical (unpaired) electrons. The zero-order valence-electron chi connectivity index (χ0n) is 46.3. The van der Waals surface area contributed by atoms with Gasteiger partial charge in [0.1, 0.15) is 0 Å². The molecule has 398 valence electrons. The molecule has 0 heterocycles. The highest BCUT2D eigenvalue weighted by Gasteiger charge is 2.19. The summed E-state index contributed by atoms with van der Waals surface area (Å²) in [5.74, 6) is 0. The third kappa shape index (κ3) is 10.4. The molecule has 0 aliphatic heterocycles. The Morgan fingerprint density at radius 1 is 0.143 bits per heavy atom. The molecule has 0 saturated carbocycles. The summed E-state index contributed by atoms with van der Waals surface area (Å²) in [7, 11) is 0. The number of rotatable bonds is 15. The van der Waals surface area contributed by atoms with Crippen molar-refractivity contribution in [1.82, 2.24) is 0 Å². The van der Waals surface area contributed by atoms with Crippen molar-refractivity contribution >= 4 is 89.8 Å². The molecule has 14 rings (SSSR count). The SMILES string of the molecule is c1ccc(N(c2ccccc2)c2ccc(-c3ccc(N(c4ccccc4)c4ccc(-c5ccc(N(c6ccccc6)c6ccc(-c7ccc(N(c8ccc9ccccc9c8)c8cccc9ccccc89)cc7)cc6)cc5)cc4)cc3)cc2)cc1. The Morgan fingerprint density at radius 2 is 0.393 bits per heavy atom. The van der Waals surface area contributed by atoms with Gasteiger partial charge in [-0.05, 0) is 189 Å². The van der Waals surface area contributed by atoms with Gasteiger partial charge >= 0.3 is 0 Å². The first-order valence-electron chi connectivity index (χ1n) is 28.6. The summed E-state index contributed by atoms with van der Waals surface area (Å²) in [5.41, 5.74) is 20.1. The molecule has 14 aromatic carbocycles. The van der Waals surface area contributed by atoms with Crippen LogP contribution in [0, 0.1) is 0 Å². The molecule has 14 aromatic rings. The molecule has 0 N–H and O–H groups in total. The average molecular weight is 1080 g/mol. The van der Waals surface area contributed by atoms with Gasteiger partial charge in [0, 0.05) is 67.9 Å². The van der Waals surface area contributed by atoms with E-state index in [0.717, 1.165) is 102 Å². The first-order valence-corrected chi connectivity index (χ1v) is 28.6. The minimum absolute atomic E-state index is 1.08. The lowest BCUT2D eigenvalue weighted by atomic mass is 10.0. The molecule has 0 aliphatic rings. The van der Waals surface area contributed by atoms with E-state index < -0.39 is 0 Å². The minimum atomic E-state index is 1.08. The molecular formula is C80H58N4. The molecule has 0 saturated heterocycles. The zero-order chi connectivity index (χ0) is 56.0. The van der Waals surface area contributed by atoms with Gasteiger partial charge in [0.25, 0.3) is 0 Å². The Morgan fingerprint density at radius 3 is 0.738 bits per heavy atom. The van der Waals surface area contributed by atoms with Gasteiger partial charge in [-0.25, -0.2) is 0 Å². The summed E-state index contributed by atoms with van der Waals surface area (Å²) in [6.07, 6.45) is 0. The van der Waals surface area contributed by atoms with Crippen molar-refractivity contribution < 1.29 is 0 Å². The number of para-hydroxylation sites is 4. The van der Waals surface area contributed by atoms with E-state index in [-0.39, 0.29) is 0 Å². The summed E-state index contributed by atoms with van der Waals surface area (Å²) in [6.45, 7) is 0. The Balaban J connectivity index is 0.705. The fourth-order valence-electron chi connectivity index (χ4n) is 11.6. The van der Waals surface area contributed by atoms with Crippen LogP contribution in [0.1, 0.15) is 0 Å². The maximum atomic E-state index is 2.38. The lowest BCUT2D eigenvalue weighted by Gasteiger charge is -2.27. The van der Waals surface area contributed by atoms with Crippen LogP contribution in [0.5, 0.6) is 0 Å². The predicted octanol–water partition coefficient (Wildman–Crippen LogP) is 22.9. The van der Waals surface area contributed by atoms with Gasteiger partial charge in [-0.1, -0.05) is 212 Å². The van der Waals surface area contributed by atoms with Gasteiger partial charge in [-0.2, -0.15) is 0 Å². The minimum Gasteiger partial charge on any atom is -0.311 e. The number of fused-ring (bicyclic) bond motifs is 2. The second-order valence-electron chi connectivity index (χ2n) is 21.0. The Bertz CT molecular complexity index is 4430. The Kier molecular flexibility index (Phi) is 14.0. The molecule has 0 aliphatic carbocycles. The maximum absolute atomic E-state index is 2.38. The summed E-state index contributed by atoms with van der Waals surface area (Å²) >= 11 is 0. The first kappa shape index (κ1) is 51.0. The van der Waals surface area contributed by atoms with Gasteiger partial charge in [0.2, 0.25) is 0 Å². The second-order valence-corrected chi connectivity index (χ2v) is 21.0. The molecule has 0 amide bonds. The van der Waals surface area contributed by atoms with Crippen LogP contribution in [0.25, 0.3) is 54.9 Å². The molecular weight excluding hydrogens is 1020 g/mol. The van der Waals surface area contributed by atoms with E-state index in [4.69, 9.17) is 0 Å². The van der Waals surface area contributed by atoms with Crippen LogP contribution in [0.15, 0.2) is 352 Å². The van der Waals surface area contributed by atoms with E-state index >= 15 is 0 Å². The number of hydrogen-bond donors (Lipinski definition) is 0. The normalized spacial score (nSPS) is 11.1. The van der Waals surface area contributed by atoms with Crippen molar-refractivity contribution in [1.29, 1.82) is 0 Å². The summed E-state index contributed by atoms with van der Waals surface area (Å²) in [5, 5.41) is 4.86. The molecule has 0 spiro atoms. The summed E-state index contributed by atoms with van der Waals surface area (Å²) in [6, 6.07) is 126. The van der Waals surface area contributed by atoms with Crippen molar-refractivity contribution in [3.8, 4) is 33.4 Å². The highest BCUT2D eigenvalue weighted by atomic mass is 15.2. The largest absolute Gasteiger partial charge is 0.311 e. The Labute approximate surface area is 491 Å². The predicted molar refractivity (Wildman–Crippen MR) is 356 cm³/mol. The van der Waals surface area contributed by atoms with Crippen molar-refractivity contribution in [3.63, 3.8) is 0 Å². The van der Waals surface area contributed by atoms with E-state index in [0.29, 0.717) is 0 Å². The lowest BCUT2D eigenvalue weighted by Crippen LogP contribution is -2.10. The smallest absolute Gasteiger partial charge is 0.0540 e. The van der Waals surface area contributed by atoms with E-state index in [9.17, 15) is 0 Å². The van der Waals surface area contributed by atoms with Gasteiger partial charge in [-0.15, -0.1) is 0 Å². The van der Waals surface area contributed by atoms with E-state index in [1.165, 1.54) is 21.5 Å². The Hall–Kier alpha value is -11.2. The summed E-state index contributed by atoms with van der Waals surface area (Å²) in [4.78, 5) is 9.33. The maximum Gasteiger partial charge on any atom is 0.0540 e. The van der Waals surface area contributed by atoms with Crippen molar-refractivity contribution in [2.45, 2.75) is 0 Å². The quantitative estimate of drug-likeness (QED) is 0.101. The molecule has 0 unspecified atom stereocenters. The van der Waals surface area contributed by atoms with Gasteiger partial charge in [-0.3, -0.25) is 0 Å². The standard InChI is InChI=1S/C80H58N4/c1-5-22-68(23-6-1)81(69-24-7-2-8-25-69)72-45-32-60(33-46-72)61-34-47-73(48-35-61)82(70-26-9-3-10-27-70)74-49-36-62(37-50-74)63-38-51-75(52-39-63)83(71-28-11-4-12-29-71)76-53-40-64(41-54-76)65-42-55-77(56-43-65)84(78-57-44-59-18-13-14-20-67(59)58-78)80-31-17-21-66-19-15-16-30-79(66)80/h1-58H. The number of nitrogens with zero attached hydrogens (tertiary/aromatic N) is 4. The molecule has 4 heteroatoms. The highest BCUT2D eigenvalue weighted by molar-refractivity contribution is 6.00. The third-order valence-corrected chi connectivity index (χ3v) is 15.8. The van der Waals surface area contributed by atoms with Crippen LogP contribution >= 0.6 is 0 Å². The van der Waals surface area contributed by atoms with Gasteiger partial charge in [0.15, 0.2) is 0 Å². The third-order valence-electron chi connectivity index (χ3n) is 15.8. The summed E-state index contributed by atoms with van der Waals surface area (Å²) < 4.78 is 0. The van der Waals surface area contributed by atoms with E-state index in [2.05, 4.69) is 371 Å². The second kappa shape index (κ2) is 23.1. The molecule has 0 fully saturated rings. The van der Waals surface area contributed by atoms with Crippen LogP contribution in [0.4, 0.5) is 68.2 Å².